The SMILES string of the molecule is CC.CC1=CCNc2ncc(C)c(-c3ccncc3)c21.[HH]. The molecule has 0 spiro atoms. The third kappa shape index (κ3) is 2.57. The van der Waals surface area contributed by atoms with E-state index in [-0.39, 0.29) is 1.43 Å². The van der Waals surface area contributed by atoms with E-state index in [4.69, 9.17) is 0 Å². The molecule has 0 aliphatic carbocycles. The Morgan fingerprint density at radius 2 is 1.80 bits per heavy atom. The lowest BCUT2D eigenvalue weighted by molar-refractivity contribution is 1.17. The first-order valence-electron chi connectivity index (χ1n) is 7.08. The standard InChI is InChI=1S/C15H15N3.C2H6.H2/c1-10-3-8-17-15-14(10)13(11(2)9-18-15)12-4-6-16-7-5-12;1-2;/h3-7,9H,8H2,1-2H3,(H,17,18);1-2H3;1H. The summed E-state index contributed by atoms with van der Waals surface area (Å²) in [6, 6.07) is 4.09. The molecule has 20 heavy (non-hydrogen) atoms. The summed E-state index contributed by atoms with van der Waals surface area (Å²) in [5, 5.41) is 3.33. The van der Waals surface area contributed by atoms with Crippen molar-refractivity contribution in [2.45, 2.75) is 27.7 Å². The minimum atomic E-state index is 0. The number of fused-ring (bicyclic) bond motifs is 1. The van der Waals surface area contributed by atoms with Crippen LogP contribution in [0.4, 0.5) is 5.82 Å². The minimum absolute atomic E-state index is 0. The third-order valence-corrected chi connectivity index (χ3v) is 3.31. The maximum Gasteiger partial charge on any atom is 0.134 e. The lowest BCUT2D eigenvalue weighted by Gasteiger charge is -2.21. The fourth-order valence-corrected chi connectivity index (χ4v) is 2.42. The molecule has 2 aromatic heterocycles. The summed E-state index contributed by atoms with van der Waals surface area (Å²) in [4.78, 5) is 8.57. The Hall–Kier alpha value is -2.16. The summed E-state index contributed by atoms with van der Waals surface area (Å²) < 4.78 is 0. The van der Waals surface area contributed by atoms with Crippen LogP contribution in [0, 0.1) is 6.92 Å². The number of allylic oxidation sites excluding steroid dienone is 1. The zero-order valence-electron chi connectivity index (χ0n) is 12.6. The van der Waals surface area contributed by atoms with Crippen molar-refractivity contribution >= 4 is 11.4 Å². The summed E-state index contributed by atoms with van der Waals surface area (Å²) in [7, 11) is 0. The second-order valence-corrected chi connectivity index (χ2v) is 4.54. The van der Waals surface area contributed by atoms with E-state index in [2.05, 4.69) is 35.2 Å². The Morgan fingerprint density at radius 3 is 2.50 bits per heavy atom. The molecule has 3 heteroatoms. The van der Waals surface area contributed by atoms with Crippen LogP contribution in [-0.4, -0.2) is 16.5 Å². The summed E-state index contributed by atoms with van der Waals surface area (Å²) in [6.45, 7) is 9.10. The zero-order valence-corrected chi connectivity index (χ0v) is 12.6. The van der Waals surface area contributed by atoms with Crippen LogP contribution >= 0.6 is 0 Å². The van der Waals surface area contributed by atoms with E-state index in [1.807, 2.05) is 44.6 Å². The molecule has 2 aromatic rings. The van der Waals surface area contributed by atoms with Gasteiger partial charge in [0.2, 0.25) is 0 Å². The highest BCUT2D eigenvalue weighted by molar-refractivity contribution is 5.89. The normalized spacial score (nSPS) is 12.5. The summed E-state index contributed by atoms with van der Waals surface area (Å²) in [6.07, 6.45) is 7.79. The molecule has 0 amide bonds. The molecule has 0 saturated carbocycles. The number of aryl methyl sites for hydroxylation is 1. The quantitative estimate of drug-likeness (QED) is 0.825. The Bertz CT molecular complexity index is 621. The van der Waals surface area contributed by atoms with Gasteiger partial charge in [-0.3, -0.25) is 4.98 Å². The zero-order chi connectivity index (χ0) is 14.5. The maximum atomic E-state index is 4.49. The number of aromatic nitrogens is 2. The van der Waals surface area contributed by atoms with Gasteiger partial charge in [0, 0.05) is 32.1 Å². The molecule has 3 nitrogen and oxygen atoms in total. The van der Waals surface area contributed by atoms with E-state index in [1.165, 1.54) is 27.8 Å². The third-order valence-electron chi connectivity index (χ3n) is 3.31. The summed E-state index contributed by atoms with van der Waals surface area (Å²) in [5.74, 6) is 0.979. The summed E-state index contributed by atoms with van der Waals surface area (Å²) in [5.41, 5.74) is 6.14. The van der Waals surface area contributed by atoms with Gasteiger partial charge in [0.15, 0.2) is 0 Å². The Morgan fingerprint density at radius 1 is 1.10 bits per heavy atom. The highest BCUT2D eigenvalue weighted by atomic mass is 15.0. The number of rotatable bonds is 1. The van der Waals surface area contributed by atoms with Gasteiger partial charge in [0.1, 0.15) is 5.82 Å². The predicted molar refractivity (Wildman–Crippen MR) is 87.8 cm³/mol. The van der Waals surface area contributed by atoms with Crippen LogP contribution in [0.1, 0.15) is 33.3 Å². The molecule has 0 saturated heterocycles. The van der Waals surface area contributed by atoms with Crippen LogP contribution in [0.15, 0.2) is 36.8 Å². The average molecular weight is 269 g/mol. The van der Waals surface area contributed by atoms with Crippen LogP contribution < -0.4 is 5.32 Å². The monoisotopic (exact) mass is 269 g/mol. The molecular weight excluding hydrogens is 246 g/mol. The number of hydrogen-bond donors (Lipinski definition) is 1. The minimum Gasteiger partial charge on any atom is -0.366 e. The number of pyridine rings is 2. The molecule has 0 bridgehead atoms. The number of nitrogens with one attached hydrogen (secondary N) is 1. The second kappa shape index (κ2) is 6.33. The van der Waals surface area contributed by atoms with E-state index in [0.717, 1.165) is 12.4 Å². The van der Waals surface area contributed by atoms with Crippen molar-refractivity contribution in [3.63, 3.8) is 0 Å². The van der Waals surface area contributed by atoms with Gasteiger partial charge in [0.25, 0.3) is 0 Å². The van der Waals surface area contributed by atoms with E-state index in [0.29, 0.717) is 0 Å². The van der Waals surface area contributed by atoms with Gasteiger partial charge in [0.05, 0.1) is 0 Å². The van der Waals surface area contributed by atoms with Gasteiger partial charge in [-0.05, 0) is 48.2 Å². The van der Waals surface area contributed by atoms with E-state index < -0.39 is 0 Å². The highest BCUT2D eigenvalue weighted by Gasteiger charge is 2.17. The molecule has 1 aliphatic heterocycles. The first-order chi connectivity index (χ1) is 9.77. The van der Waals surface area contributed by atoms with Gasteiger partial charge in [-0.1, -0.05) is 19.9 Å². The largest absolute Gasteiger partial charge is 0.366 e. The molecule has 0 radical (unpaired) electrons. The van der Waals surface area contributed by atoms with E-state index in [1.54, 1.807) is 0 Å². The Balaban J connectivity index is 0.000000706. The number of hydrogen-bond acceptors (Lipinski definition) is 3. The Labute approximate surface area is 122 Å². The predicted octanol–water partition coefficient (Wildman–Crippen LogP) is 4.55. The molecule has 0 unspecified atom stereocenters. The smallest absolute Gasteiger partial charge is 0.134 e. The van der Waals surface area contributed by atoms with Gasteiger partial charge < -0.3 is 5.32 Å². The van der Waals surface area contributed by atoms with Crippen LogP contribution in [0.3, 0.4) is 0 Å². The highest BCUT2D eigenvalue weighted by Crippen LogP contribution is 2.36. The van der Waals surface area contributed by atoms with E-state index >= 15 is 0 Å². The van der Waals surface area contributed by atoms with Crippen molar-refractivity contribution in [3.05, 3.63) is 47.9 Å². The molecule has 0 atom stereocenters. The Kier molecular flexibility index (Phi) is 4.51. The van der Waals surface area contributed by atoms with Crippen LogP contribution in [0.2, 0.25) is 0 Å². The van der Waals surface area contributed by atoms with Gasteiger partial charge in [-0.15, -0.1) is 0 Å². The van der Waals surface area contributed by atoms with Crippen LogP contribution in [-0.2, 0) is 0 Å². The van der Waals surface area contributed by atoms with Crippen molar-refractivity contribution in [1.82, 2.24) is 9.97 Å². The molecule has 1 N–H and O–H groups in total. The first kappa shape index (κ1) is 14.3. The van der Waals surface area contributed by atoms with Crippen LogP contribution in [0.25, 0.3) is 16.7 Å². The van der Waals surface area contributed by atoms with Crippen molar-refractivity contribution in [2.24, 2.45) is 0 Å². The molecule has 0 fully saturated rings. The topological polar surface area (TPSA) is 37.8 Å². The molecule has 1 aliphatic rings. The fourth-order valence-electron chi connectivity index (χ4n) is 2.42. The summed E-state index contributed by atoms with van der Waals surface area (Å²) >= 11 is 0. The lowest BCUT2D eigenvalue weighted by Crippen LogP contribution is -2.10. The van der Waals surface area contributed by atoms with Gasteiger partial charge >= 0.3 is 0 Å². The van der Waals surface area contributed by atoms with Crippen LogP contribution in [0.5, 0.6) is 0 Å². The first-order valence-corrected chi connectivity index (χ1v) is 7.08. The number of anilines is 1. The van der Waals surface area contributed by atoms with Crippen molar-refractivity contribution in [1.29, 1.82) is 0 Å². The van der Waals surface area contributed by atoms with Crippen molar-refractivity contribution < 1.29 is 1.43 Å². The van der Waals surface area contributed by atoms with Gasteiger partial charge in [-0.2, -0.15) is 0 Å². The molecule has 106 valence electrons. The van der Waals surface area contributed by atoms with E-state index in [9.17, 15) is 0 Å². The molecule has 3 rings (SSSR count). The number of nitrogens with zero attached hydrogens (tertiary/aromatic N) is 2. The fraction of sp³-hybridized carbons (Fsp3) is 0.294. The van der Waals surface area contributed by atoms with Crippen molar-refractivity contribution in [2.75, 3.05) is 11.9 Å². The lowest BCUT2D eigenvalue weighted by atomic mass is 9.92. The van der Waals surface area contributed by atoms with Crippen molar-refractivity contribution in [3.8, 4) is 11.1 Å². The maximum absolute atomic E-state index is 4.49. The molecule has 0 aromatic carbocycles. The average Bonchev–Trinajstić information content (AvgIpc) is 2.51. The second-order valence-electron chi connectivity index (χ2n) is 4.54. The molecule has 3 heterocycles. The molecular formula is C17H23N3. The van der Waals surface area contributed by atoms with Gasteiger partial charge in [-0.25, -0.2) is 4.98 Å².